The van der Waals surface area contributed by atoms with Gasteiger partial charge in [-0.2, -0.15) is 0 Å². The molecule has 2 aliphatic heterocycles. The molecule has 2 aliphatic rings. The maximum Gasteiger partial charge on any atom is 0.272 e. The van der Waals surface area contributed by atoms with Crippen LogP contribution in [0.15, 0.2) is 36.7 Å². The van der Waals surface area contributed by atoms with Crippen molar-refractivity contribution in [1.82, 2.24) is 19.9 Å². The zero-order chi connectivity index (χ0) is 18.3. The Balaban J connectivity index is 1.66. The third-order valence-corrected chi connectivity index (χ3v) is 6.55. The number of piperazine rings is 1. The van der Waals surface area contributed by atoms with E-state index in [1.165, 1.54) is 0 Å². The average Bonchev–Trinajstić information content (AvgIpc) is 2.96. The lowest BCUT2D eigenvalue weighted by Crippen LogP contribution is -2.61. The number of hydrogen-bond acceptors (Lipinski definition) is 7. The standard InChI is InChI=1S/C17H19N5O3S/c1-12-4-2-5-13(20-12)16(23)21-8-9-22(17-18-6-3-7-19-17)15-11-26(24,25)10-14(15)21/h2-7,14-15H,8-11H2,1H3/t14-,15+/m0/s1. The number of aryl methyl sites for hydroxylation is 1. The quantitative estimate of drug-likeness (QED) is 0.747. The molecule has 0 saturated carbocycles. The summed E-state index contributed by atoms with van der Waals surface area (Å²) < 4.78 is 24.6. The average molecular weight is 373 g/mol. The predicted molar refractivity (Wildman–Crippen MR) is 95.6 cm³/mol. The van der Waals surface area contributed by atoms with Crippen LogP contribution in [-0.4, -0.2) is 70.9 Å². The van der Waals surface area contributed by atoms with Crippen molar-refractivity contribution in [3.63, 3.8) is 0 Å². The number of sulfone groups is 1. The second-order valence-electron chi connectivity index (χ2n) is 6.62. The van der Waals surface area contributed by atoms with Gasteiger partial charge in [0, 0.05) is 31.2 Å². The van der Waals surface area contributed by atoms with Crippen LogP contribution in [0.1, 0.15) is 16.2 Å². The van der Waals surface area contributed by atoms with E-state index < -0.39 is 15.9 Å². The van der Waals surface area contributed by atoms with Crippen LogP contribution in [0.2, 0.25) is 0 Å². The highest BCUT2D eigenvalue weighted by atomic mass is 32.2. The Morgan fingerprint density at radius 3 is 2.54 bits per heavy atom. The third kappa shape index (κ3) is 3.03. The lowest BCUT2D eigenvalue weighted by Gasteiger charge is -2.43. The number of nitrogens with zero attached hydrogens (tertiary/aromatic N) is 5. The predicted octanol–water partition coefficient (Wildman–Crippen LogP) is 0.308. The Morgan fingerprint density at radius 1 is 1.08 bits per heavy atom. The molecule has 0 radical (unpaired) electrons. The molecule has 0 aliphatic carbocycles. The van der Waals surface area contributed by atoms with Crippen molar-refractivity contribution < 1.29 is 13.2 Å². The number of amides is 1. The van der Waals surface area contributed by atoms with Crippen molar-refractivity contribution >= 4 is 21.7 Å². The van der Waals surface area contributed by atoms with E-state index in [1.807, 2.05) is 17.9 Å². The highest BCUT2D eigenvalue weighted by molar-refractivity contribution is 7.91. The molecule has 4 rings (SSSR count). The fourth-order valence-corrected chi connectivity index (χ4v) is 5.68. The number of carbonyl (C=O) groups is 1. The Labute approximate surface area is 151 Å². The maximum atomic E-state index is 13.0. The van der Waals surface area contributed by atoms with Crippen LogP contribution in [0.4, 0.5) is 5.95 Å². The van der Waals surface area contributed by atoms with Gasteiger partial charge in [0.25, 0.3) is 5.91 Å². The van der Waals surface area contributed by atoms with Crippen molar-refractivity contribution in [3.8, 4) is 0 Å². The molecule has 136 valence electrons. The molecule has 0 aromatic carbocycles. The number of rotatable bonds is 2. The van der Waals surface area contributed by atoms with Gasteiger partial charge in [-0.25, -0.2) is 23.4 Å². The zero-order valence-electron chi connectivity index (χ0n) is 14.3. The summed E-state index contributed by atoms with van der Waals surface area (Å²) >= 11 is 0. The lowest BCUT2D eigenvalue weighted by molar-refractivity contribution is 0.0641. The van der Waals surface area contributed by atoms with Crippen molar-refractivity contribution in [2.75, 3.05) is 29.5 Å². The molecule has 2 atom stereocenters. The summed E-state index contributed by atoms with van der Waals surface area (Å²) in [6.07, 6.45) is 3.27. The number of fused-ring (bicyclic) bond motifs is 1. The van der Waals surface area contributed by atoms with Gasteiger partial charge >= 0.3 is 0 Å². The van der Waals surface area contributed by atoms with Gasteiger partial charge in [-0.05, 0) is 25.1 Å². The van der Waals surface area contributed by atoms with Crippen molar-refractivity contribution in [2.45, 2.75) is 19.0 Å². The number of anilines is 1. The van der Waals surface area contributed by atoms with E-state index in [9.17, 15) is 13.2 Å². The van der Waals surface area contributed by atoms with Crippen molar-refractivity contribution in [1.29, 1.82) is 0 Å². The lowest BCUT2D eigenvalue weighted by atomic mass is 10.0. The highest BCUT2D eigenvalue weighted by Crippen LogP contribution is 2.30. The number of aromatic nitrogens is 3. The molecule has 1 amide bonds. The first kappa shape index (κ1) is 16.9. The molecule has 0 bridgehead atoms. The van der Waals surface area contributed by atoms with E-state index in [4.69, 9.17) is 0 Å². The Bertz CT molecular complexity index is 934. The number of hydrogen-bond donors (Lipinski definition) is 0. The van der Waals surface area contributed by atoms with Crippen LogP contribution in [0.5, 0.6) is 0 Å². The summed E-state index contributed by atoms with van der Waals surface area (Å²) in [5.74, 6) is 0.231. The minimum Gasteiger partial charge on any atom is -0.333 e. The summed E-state index contributed by atoms with van der Waals surface area (Å²) in [5, 5.41) is 0. The molecule has 2 fully saturated rings. The van der Waals surface area contributed by atoms with Crippen LogP contribution >= 0.6 is 0 Å². The van der Waals surface area contributed by atoms with Gasteiger partial charge in [-0.3, -0.25) is 4.79 Å². The molecule has 0 N–H and O–H groups in total. The first-order chi connectivity index (χ1) is 12.4. The first-order valence-corrected chi connectivity index (χ1v) is 10.3. The van der Waals surface area contributed by atoms with Gasteiger partial charge in [0.2, 0.25) is 5.95 Å². The summed E-state index contributed by atoms with van der Waals surface area (Å²) in [6.45, 7) is 2.71. The monoisotopic (exact) mass is 373 g/mol. The number of carbonyl (C=O) groups excluding carboxylic acids is 1. The molecule has 26 heavy (non-hydrogen) atoms. The normalized spacial score (nSPS) is 24.3. The topological polar surface area (TPSA) is 96.4 Å². The van der Waals surface area contributed by atoms with E-state index in [2.05, 4.69) is 15.0 Å². The fraction of sp³-hybridized carbons (Fsp3) is 0.412. The van der Waals surface area contributed by atoms with E-state index in [0.717, 1.165) is 5.69 Å². The third-order valence-electron chi connectivity index (χ3n) is 4.85. The minimum atomic E-state index is -3.24. The summed E-state index contributed by atoms with van der Waals surface area (Å²) in [5.41, 5.74) is 1.10. The molecule has 4 heterocycles. The number of pyridine rings is 1. The fourth-order valence-electron chi connectivity index (χ4n) is 3.70. The molecular weight excluding hydrogens is 354 g/mol. The smallest absolute Gasteiger partial charge is 0.272 e. The van der Waals surface area contributed by atoms with Crippen molar-refractivity contribution in [2.24, 2.45) is 0 Å². The second-order valence-corrected chi connectivity index (χ2v) is 8.77. The van der Waals surface area contributed by atoms with Crippen molar-refractivity contribution in [3.05, 3.63) is 48.0 Å². The van der Waals surface area contributed by atoms with Gasteiger partial charge in [-0.1, -0.05) is 6.07 Å². The molecule has 0 unspecified atom stereocenters. The van der Waals surface area contributed by atoms with Gasteiger partial charge in [-0.15, -0.1) is 0 Å². The van der Waals surface area contributed by atoms with Crippen LogP contribution < -0.4 is 4.90 Å². The highest BCUT2D eigenvalue weighted by Gasteiger charge is 2.49. The van der Waals surface area contributed by atoms with Crippen LogP contribution in [-0.2, 0) is 9.84 Å². The van der Waals surface area contributed by atoms with Crippen LogP contribution in [0, 0.1) is 6.92 Å². The maximum absolute atomic E-state index is 13.0. The molecule has 2 aromatic rings. The summed E-state index contributed by atoms with van der Waals surface area (Å²) in [7, 11) is -3.24. The molecule has 2 saturated heterocycles. The Hall–Kier alpha value is -2.55. The van der Waals surface area contributed by atoms with E-state index in [0.29, 0.717) is 24.7 Å². The molecule has 8 nitrogen and oxygen atoms in total. The molecule has 2 aromatic heterocycles. The largest absolute Gasteiger partial charge is 0.333 e. The van der Waals surface area contributed by atoms with E-state index >= 15 is 0 Å². The SMILES string of the molecule is Cc1cccc(C(=O)N2CCN(c3ncccn3)[C@@H]3CS(=O)(=O)C[C@@H]32)n1. The Morgan fingerprint density at radius 2 is 1.81 bits per heavy atom. The molecule has 0 spiro atoms. The molecular formula is C17H19N5O3S. The zero-order valence-corrected chi connectivity index (χ0v) is 15.1. The van der Waals surface area contributed by atoms with Gasteiger partial charge in [0.1, 0.15) is 5.69 Å². The second kappa shape index (κ2) is 6.31. The van der Waals surface area contributed by atoms with E-state index in [-0.39, 0.29) is 23.5 Å². The Kier molecular flexibility index (Phi) is 4.10. The molecule has 9 heteroatoms. The van der Waals surface area contributed by atoms with Gasteiger partial charge in [0.15, 0.2) is 9.84 Å². The van der Waals surface area contributed by atoms with Crippen LogP contribution in [0.25, 0.3) is 0 Å². The first-order valence-electron chi connectivity index (χ1n) is 8.43. The van der Waals surface area contributed by atoms with Crippen LogP contribution in [0.3, 0.4) is 0 Å². The van der Waals surface area contributed by atoms with E-state index in [1.54, 1.807) is 35.5 Å². The minimum absolute atomic E-state index is 0.000939. The van der Waals surface area contributed by atoms with Gasteiger partial charge in [0.05, 0.1) is 23.6 Å². The summed E-state index contributed by atoms with van der Waals surface area (Å²) in [6, 6.07) is 6.23. The summed E-state index contributed by atoms with van der Waals surface area (Å²) in [4.78, 5) is 29.3. The van der Waals surface area contributed by atoms with Gasteiger partial charge < -0.3 is 9.80 Å².